The molecule has 1 atom stereocenters. The topological polar surface area (TPSA) is 54.8 Å². The number of urea groups is 1. The van der Waals surface area contributed by atoms with Crippen molar-refractivity contribution in [1.82, 2.24) is 10.6 Å². The lowest BCUT2D eigenvalue weighted by atomic mass is 10.2. The Labute approximate surface area is 149 Å². The van der Waals surface area contributed by atoms with Crippen LogP contribution in [0.5, 0.6) is 0 Å². The molecular formula is C18H42N4O2+2. The number of carbonyl (C=O) groups excluding carboxylic acids is 1. The number of ether oxygens (including phenoxy) is 1. The van der Waals surface area contributed by atoms with Crippen LogP contribution in [0.1, 0.15) is 39.5 Å². The minimum atomic E-state index is -0.0419. The fourth-order valence-corrected chi connectivity index (χ4v) is 2.78. The van der Waals surface area contributed by atoms with Crippen LogP contribution in [0.2, 0.25) is 0 Å². The number of quaternary nitrogens is 2. The summed E-state index contributed by atoms with van der Waals surface area (Å²) < 4.78 is 6.67. The molecule has 0 heterocycles. The first-order valence-electron chi connectivity index (χ1n) is 9.65. The van der Waals surface area contributed by atoms with Gasteiger partial charge in [0.25, 0.3) is 0 Å². The van der Waals surface area contributed by atoms with E-state index < -0.39 is 0 Å². The Bertz CT molecular complexity index is 313. The van der Waals surface area contributed by atoms with Gasteiger partial charge in [-0.15, -0.1) is 0 Å². The quantitative estimate of drug-likeness (QED) is 0.299. The average molecular weight is 347 g/mol. The van der Waals surface area contributed by atoms with E-state index in [1.807, 2.05) is 0 Å². The molecule has 3 N–H and O–H groups in total. The monoisotopic (exact) mass is 346 g/mol. The molecule has 0 bridgehead atoms. The van der Waals surface area contributed by atoms with Gasteiger partial charge in [0.15, 0.2) is 0 Å². The van der Waals surface area contributed by atoms with Crippen LogP contribution in [-0.2, 0) is 4.74 Å². The van der Waals surface area contributed by atoms with Crippen molar-refractivity contribution in [2.75, 3.05) is 73.6 Å². The van der Waals surface area contributed by atoms with Crippen molar-refractivity contribution < 1.29 is 18.9 Å². The van der Waals surface area contributed by atoms with E-state index in [0.717, 1.165) is 76.2 Å². The molecule has 0 aliphatic carbocycles. The summed E-state index contributed by atoms with van der Waals surface area (Å²) in [5.74, 6) is 0. The molecule has 144 valence electrons. The molecule has 0 aliphatic heterocycles. The van der Waals surface area contributed by atoms with Crippen LogP contribution in [0.25, 0.3) is 0 Å². The summed E-state index contributed by atoms with van der Waals surface area (Å²) in [4.78, 5) is 13.1. The van der Waals surface area contributed by atoms with Gasteiger partial charge >= 0.3 is 6.03 Å². The SMILES string of the molecule is CCCOCC[N+](C)(CCC)CCCNC(=O)NCCC[NH+](C)C. The normalized spacial score (nSPS) is 13.8. The lowest BCUT2D eigenvalue weighted by molar-refractivity contribution is -0.910. The summed E-state index contributed by atoms with van der Waals surface area (Å²) in [7, 11) is 6.54. The van der Waals surface area contributed by atoms with Crippen molar-refractivity contribution in [3.8, 4) is 0 Å². The standard InChI is InChI=1S/C18H40N4O2/c1-6-13-22(5,15-17-24-16-7-2)14-9-11-20-18(23)19-10-8-12-21(3)4/h6-17H2,1-5H3,(H-,19,20,23)/p+2. The zero-order valence-electron chi connectivity index (χ0n) is 16.7. The summed E-state index contributed by atoms with van der Waals surface area (Å²) >= 11 is 0. The summed E-state index contributed by atoms with van der Waals surface area (Å²) in [6, 6.07) is -0.0419. The first-order valence-corrected chi connectivity index (χ1v) is 9.65. The van der Waals surface area contributed by atoms with E-state index in [1.54, 1.807) is 0 Å². The van der Waals surface area contributed by atoms with E-state index in [0.29, 0.717) is 0 Å². The Morgan fingerprint density at radius 2 is 1.62 bits per heavy atom. The minimum Gasteiger partial charge on any atom is -0.376 e. The highest BCUT2D eigenvalue weighted by molar-refractivity contribution is 5.73. The lowest BCUT2D eigenvalue weighted by Crippen LogP contribution is -3.05. The molecule has 0 saturated heterocycles. The highest BCUT2D eigenvalue weighted by Gasteiger charge is 2.19. The Hall–Kier alpha value is -0.850. The number of nitrogens with one attached hydrogen (secondary N) is 3. The van der Waals surface area contributed by atoms with Crippen molar-refractivity contribution in [3.05, 3.63) is 0 Å². The molecule has 24 heavy (non-hydrogen) atoms. The van der Waals surface area contributed by atoms with Crippen molar-refractivity contribution in [3.63, 3.8) is 0 Å². The molecule has 2 amide bonds. The second-order valence-corrected chi connectivity index (χ2v) is 7.25. The van der Waals surface area contributed by atoms with Gasteiger partial charge in [-0.3, -0.25) is 0 Å². The summed E-state index contributed by atoms with van der Waals surface area (Å²) in [6.07, 6.45) is 4.26. The van der Waals surface area contributed by atoms with Gasteiger partial charge in [-0.25, -0.2) is 4.79 Å². The second kappa shape index (κ2) is 14.5. The smallest absolute Gasteiger partial charge is 0.314 e. The van der Waals surface area contributed by atoms with Gasteiger partial charge < -0.3 is 24.8 Å². The Morgan fingerprint density at radius 1 is 0.958 bits per heavy atom. The number of amides is 2. The third-order valence-corrected chi connectivity index (χ3v) is 4.19. The molecule has 6 nitrogen and oxygen atoms in total. The van der Waals surface area contributed by atoms with Gasteiger partial charge in [-0.2, -0.15) is 0 Å². The molecule has 0 fully saturated rings. The molecule has 0 rings (SSSR count). The Morgan fingerprint density at radius 3 is 2.21 bits per heavy atom. The van der Waals surface area contributed by atoms with E-state index in [2.05, 4.69) is 45.6 Å². The fraction of sp³-hybridized carbons (Fsp3) is 0.944. The molecule has 0 aromatic carbocycles. The van der Waals surface area contributed by atoms with Crippen molar-refractivity contribution in [2.24, 2.45) is 0 Å². The molecular weight excluding hydrogens is 304 g/mol. The van der Waals surface area contributed by atoms with E-state index >= 15 is 0 Å². The Balaban J connectivity index is 3.83. The van der Waals surface area contributed by atoms with E-state index in [1.165, 1.54) is 11.3 Å². The molecule has 6 heteroatoms. The maximum atomic E-state index is 11.7. The molecule has 0 aromatic heterocycles. The largest absolute Gasteiger partial charge is 0.376 e. The molecule has 1 unspecified atom stereocenters. The fourth-order valence-electron chi connectivity index (χ4n) is 2.78. The predicted octanol–water partition coefficient (Wildman–Crippen LogP) is 0.494. The van der Waals surface area contributed by atoms with Crippen molar-refractivity contribution >= 4 is 6.03 Å². The third kappa shape index (κ3) is 13.6. The van der Waals surface area contributed by atoms with Gasteiger partial charge in [-0.1, -0.05) is 13.8 Å². The van der Waals surface area contributed by atoms with Crippen LogP contribution in [-0.4, -0.2) is 84.1 Å². The van der Waals surface area contributed by atoms with Gasteiger partial charge in [0, 0.05) is 32.5 Å². The van der Waals surface area contributed by atoms with Crippen LogP contribution in [0.4, 0.5) is 4.79 Å². The maximum absolute atomic E-state index is 11.7. The summed E-state index contributed by atoms with van der Waals surface area (Å²) in [5, 5.41) is 5.88. The van der Waals surface area contributed by atoms with E-state index in [9.17, 15) is 4.79 Å². The maximum Gasteiger partial charge on any atom is 0.314 e. The third-order valence-electron chi connectivity index (χ3n) is 4.19. The highest BCUT2D eigenvalue weighted by Crippen LogP contribution is 2.06. The number of rotatable bonds is 15. The molecule has 0 radical (unpaired) electrons. The van der Waals surface area contributed by atoms with Crippen LogP contribution in [0.15, 0.2) is 0 Å². The molecule has 0 aliphatic rings. The van der Waals surface area contributed by atoms with Gasteiger partial charge in [0.2, 0.25) is 0 Å². The lowest BCUT2D eigenvalue weighted by Gasteiger charge is -2.34. The summed E-state index contributed by atoms with van der Waals surface area (Å²) in [5.41, 5.74) is 0. The summed E-state index contributed by atoms with van der Waals surface area (Å²) in [6.45, 7) is 11.9. The van der Waals surface area contributed by atoms with E-state index in [4.69, 9.17) is 4.74 Å². The second-order valence-electron chi connectivity index (χ2n) is 7.25. The van der Waals surface area contributed by atoms with Crippen molar-refractivity contribution in [1.29, 1.82) is 0 Å². The first-order chi connectivity index (χ1) is 11.4. The number of carbonyl (C=O) groups is 1. The number of hydrogen-bond donors (Lipinski definition) is 3. The minimum absolute atomic E-state index is 0.0419. The number of nitrogens with zero attached hydrogens (tertiary/aromatic N) is 1. The van der Waals surface area contributed by atoms with Gasteiger partial charge in [-0.05, 0) is 12.8 Å². The number of hydrogen-bond acceptors (Lipinski definition) is 2. The van der Waals surface area contributed by atoms with Crippen LogP contribution < -0.4 is 15.5 Å². The van der Waals surface area contributed by atoms with Crippen LogP contribution in [0.3, 0.4) is 0 Å². The molecule has 0 saturated carbocycles. The molecule has 0 aromatic rings. The van der Waals surface area contributed by atoms with Crippen molar-refractivity contribution in [2.45, 2.75) is 39.5 Å². The zero-order chi connectivity index (χ0) is 18.3. The zero-order valence-corrected chi connectivity index (χ0v) is 16.7. The number of likely N-dealkylation sites (N-methyl/N-ethyl adjacent to an activating group) is 1. The van der Waals surface area contributed by atoms with Crippen LogP contribution >= 0.6 is 0 Å². The Kier molecular flexibility index (Phi) is 14.0. The first kappa shape index (κ1) is 23.1. The average Bonchev–Trinajstić information content (AvgIpc) is 2.53. The van der Waals surface area contributed by atoms with Gasteiger partial charge in [0.1, 0.15) is 6.54 Å². The predicted molar refractivity (Wildman–Crippen MR) is 100 cm³/mol. The van der Waals surface area contributed by atoms with E-state index in [-0.39, 0.29) is 6.03 Å². The van der Waals surface area contributed by atoms with Gasteiger partial charge in [0.05, 0.1) is 47.4 Å². The highest BCUT2D eigenvalue weighted by atomic mass is 16.5. The van der Waals surface area contributed by atoms with Crippen LogP contribution in [0, 0.1) is 0 Å². The molecule has 0 spiro atoms.